The van der Waals surface area contributed by atoms with E-state index in [1.165, 1.54) is 5.56 Å². The van der Waals surface area contributed by atoms with Crippen molar-refractivity contribution in [3.63, 3.8) is 0 Å². The number of likely N-dealkylation sites (N-methyl/N-ethyl adjacent to an activating group) is 1. The first-order valence-corrected chi connectivity index (χ1v) is 9.82. The predicted octanol–water partition coefficient (Wildman–Crippen LogP) is 3.79. The first kappa shape index (κ1) is 21.2. The van der Waals surface area contributed by atoms with Gasteiger partial charge in [0.05, 0.1) is 22.6 Å². The number of hydrogen-bond acceptors (Lipinski definition) is 3. The third-order valence-corrected chi connectivity index (χ3v) is 4.46. The van der Waals surface area contributed by atoms with Crippen molar-refractivity contribution in [3.8, 4) is 5.69 Å². The fraction of sp³-hybridized carbons (Fsp3) is 0.545. The lowest BCUT2D eigenvalue weighted by molar-refractivity contribution is 0.0948. The summed E-state index contributed by atoms with van der Waals surface area (Å²) < 4.78 is 1.97. The second-order valence-electron chi connectivity index (χ2n) is 8.27. The van der Waals surface area contributed by atoms with Gasteiger partial charge in [0.25, 0.3) is 5.91 Å². The Labute approximate surface area is 163 Å². The summed E-state index contributed by atoms with van der Waals surface area (Å²) in [7, 11) is 4.01. The lowest BCUT2D eigenvalue weighted by atomic mass is 9.98. The minimum absolute atomic E-state index is 0.0184. The molecule has 1 amide bonds. The summed E-state index contributed by atoms with van der Waals surface area (Å²) in [5, 5.41) is 7.97. The number of aryl methyl sites for hydroxylation is 1. The Morgan fingerprint density at radius 1 is 1.22 bits per heavy atom. The third-order valence-electron chi connectivity index (χ3n) is 4.46. The minimum atomic E-state index is -0.0184. The van der Waals surface area contributed by atoms with Crippen LogP contribution in [0, 0.1) is 12.8 Å². The van der Waals surface area contributed by atoms with Crippen LogP contribution in [0.15, 0.2) is 24.3 Å². The molecule has 0 aliphatic heterocycles. The molecule has 0 saturated carbocycles. The van der Waals surface area contributed by atoms with Gasteiger partial charge >= 0.3 is 0 Å². The Kier molecular flexibility index (Phi) is 7.19. The number of carbonyl (C=O) groups is 1. The van der Waals surface area contributed by atoms with Crippen LogP contribution >= 0.6 is 0 Å². The summed E-state index contributed by atoms with van der Waals surface area (Å²) in [4.78, 5) is 15.1. The Balaban J connectivity index is 2.52. The normalized spacial score (nSPS) is 11.6. The SMILES string of the molecule is Cc1cccc(-n2nc(CC(C)C)c(C(=O)NCCN(C)C)c2C(C)C)c1. The molecule has 1 heterocycles. The molecule has 27 heavy (non-hydrogen) atoms. The molecule has 1 aromatic carbocycles. The summed E-state index contributed by atoms with van der Waals surface area (Å²) >= 11 is 0. The van der Waals surface area contributed by atoms with E-state index in [0.29, 0.717) is 12.5 Å². The molecule has 148 valence electrons. The lowest BCUT2D eigenvalue weighted by Gasteiger charge is -2.15. The second-order valence-corrected chi connectivity index (χ2v) is 8.27. The maximum absolute atomic E-state index is 13.1. The van der Waals surface area contributed by atoms with Gasteiger partial charge in [-0.3, -0.25) is 4.79 Å². The van der Waals surface area contributed by atoms with Crippen LogP contribution in [0.1, 0.15) is 60.9 Å². The Hall–Kier alpha value is -2.14. The molecule has 0 fully saturated rings. The summed E-state index contributed by atoms with van der Waals surface area (Å²) in [5.41, 5.74) is 4.81. The molecular formula is C22H34N4O. The second kappa shape index (κ2) is 9.18. The van der Waals surface area contributed by atoms with Gasteiger partial charge in [0, 0.05) is 13.1 Å². The van der Waals surface area contributed by atoms with Gasteiger partial charge in [-0.25, -0.2) is 4.68 Å². The average Bonchev–Trinajstić information content (AvgIpc) is 2.93. The molecule has 0 spiro atoms. The smallest absolute Gasteiger partial charge is 0.255 e. The zero-order valence-electron chi connectivity index (χ0n) is 17.8. The fourth-order valence-electron chi connectivity index (χ4n) is 3.23. The number of rotatable bonds is 8. The molecule has 0 aliphatic rings. The van der Waals surface area contributed by atoms with E-state index >= 15 is 0 Å². The highest BCUT2D eigenvalue weighted by molar-refractivity contribution is 5.97. The molecule has 5 heteroatoms. The fourth-order valence-corrected chi connectivity index (χ4v) is 3.23. The van der Waals surface area contributed by atoms with Crippen molar-refractivity contribution in [1.29, 1.82) is 0 Å². The standard InChI is InChI=1S/C22H34N4O/c1-15(2)13-19-20(22(27)23-11-12-25(6)7)21(16(3)4)26(24-19)18-10-8-9-17(5)14-18/h8-10,14-16H,11-13H2,1-7H3,(H,23,27). The van der Waals surface area contributed by atoms with Gasteiger partial charge in [-0.2, -0.15) is 5.10 Å². The first-order chi connectivity index (χ1) is 12.7. The van der Waals surface area contributed by atoms with Crippen LogP contribution in [-0.4, -0.2) is 47.8 Å². The highest BCUT2D eigenvalue weighted by Crippen LogP contribution is 2.28. The number of benzene rings is 1. The van der Waals surface area contributed by atoms with Gasteiger partial charge in [0.2, 0.25) is 0 Å². The summed E-state index contributed by atoms with van der Waals surface area (Å²) in [5.74, 6) is 0.600. The van der Waals surface area contributed by atoms with E-state index in [9.17, 15) is 4.79 Å². The van der Waals surface area contributed by atoms with Crippen LogP contribution in [0.3, 0.4) is 0 Å². The van der Waals surface area contributed by atoms with E-state index in [-0.39, 0.29) is 11.8 Å². The molecular weight excluding hydrogens is 336 g/mol. The number of carbonyl (C=O) groups excluding carboxylic acids is 1. The molecule has 1 N–H and O–H groups in total. The van der Waals surface area contributed by atoms with E-state index in [4.69, 9.17) is 5.10 Å². The maximum atomic E-state index is 13.1. The molecule has 5 nitrogen and oxygen atoms in total. The van der Waals surface area contributed by atoms with E-state index < -0.39 is 0 Å². The molecule has 0 aliphatic carbocycles. The Bertz CT molecular complexity index is 775. The molecule has 0 atom stereocenters. The van der Waals surface area contributed by atoms with Crippen LogP contribution in [0.5, 0.6) is 0 Å². The Morgan fingerprint density at radius 3 is 2.48 bits per heavy atom. The minimum Gasteiger partial charge on any atom is -0.351 e. The topological polar surface area (TPSA) is 50.2 Å². The third kappa shape index (κ3) is 5.42. The van der Waals surface area contributed by atoms with Gasteiger partial charge < -0.3 is 10.2 Å². The predicted molar refractivity (Wildman–Crippen MR) is 112 cm³/mol. The number of nitrogens with zero attached hydrogens (tertiary/aromatic N) is 3. The first-order valence-electron chi connectivity index (χ1n) is 9.82. The summed E-state index contributed by atoms with van der Waals surface area (Å²) in [6.07, 6.45) is 0.787. The van der Waals surface area contributed by atoms with Gasteiger partial charge in [0.15, 0.2) is 0 Å². The zero-order valence-corrected chi connectivity index (χ0v) is 17.8. The molecule has 2 rings (SSSR count). The van der Waals surface area contributed by atoms with Gasteiger partial charge in [-0.15, -0.1) is 0 Å². The van der Waals surface area contributed by atoms with Crippen LogP contribution in [-0.2, 0) is 6.42 Å². The number of aromatic nitrogens is 2. The van der Waals surface area contributed by atoms with Crippen LogP contribution < -0.4 is 5.32 Å². The molecule has 1 aromatic heterocycles. The van der Waals surface area contributed by atoms with Crippen molar-refractivity contribution in [1.82, 2.24) is 20.0 Å². The quantitative estimate of drug-likeness (QED) is 0.769. The van der Waals surface area contributed by atoms with Crippen LogP contribution in [0.2, 0.25) is 0 Å². The van der Waals surface area contributed by atoms with Gasteiger partial charge in [-0.1, -0.05) is 39.8 Å². The number of hydrogen-bond donors (Lipinski definition) is 1. The largest absolute Gasteiger partial charge is 0.351 e. The van der Waals surface area contributed by atoms with E-state index in [0.717, 1.165) is 35.6 Å². The van der Waals surface area contributed by atoms with E-state index in [1.54, 1.807) is 0 Å². The summed E-state index contributed by atoms with van der Waals surface area (Å²) in [6, 6.07) is 8.28. The molecule has 0 bridgehead atoms. The van der Waals surface area contributed by atoms with Crippen molar-refractivity contribution >= 4 is 5.91 Å². The van der Waals surface area contributed by atoms with Crippen molar-refractivity contribution in [2.75, 3.05) is 27.2 Å². The summed E-state index contributed by atoms with van der Waals surface area (Å²) in [6.45, 7) is 12.1. The highest BCUT2D eigenvalue weighted by Gasteiger charge is 2.26. The molecule has 0 saturated heterocycles. The van der Waals surface area contributed by atoms with E-state index in [1.807, 2.05) is 24.8 Å². The maximum Gasteiger partial charge on any atom is 0.255 e. The van der Waals surface area contributed by atoms with Crippen molar-refractivity contribution < 1.29 is 4.79 Å². The molecule has 0 unspecified atom stereocenters. The van der Waals surface area contributed by atoms with Crippen LogP contribution in [0.25, 0.3) is 5.69 Å². The average molecular weight is 371 g/mol. The zero-order chi connectivity index (χ0) is 20.1. The van der Waals surface area contributed by atoms with Crippen molar-refractivity contribution in [2.24, 2.45) is 5.92 Å². The van der Waals surface area contributed by atoms with Crippen molar-refractivity contribution in [3.05, 3.63) is 46.8 Å². The Morgan fingerprint density at radius 2 is 1.93 bits per heavy atom. The lowest BCUT2D eigenvalue weighted by Crippen LogP contribution is -2.32. The van der Waals surface area contributed by atoms with E-state index in [2.05, 4.69) is 63.0 Å². The van der Waals surface area contributed by atoms with Gasteiger partial charge in [0.1, 0.15) is 0 Å². The number of amides is 1. The monoisotopic (exact) mass is 370 g/mol. The molecule has 0 radical (unpaired) electrons. The number of nitrogens with one attached hydrogen (secondary N) is 1. The van der Waals surface area contributed by atoms with Crippen LogP contribution in [0.4, 0.5) is 0 Å². The molecule has 2 aromatic rings. The highest BCUT2D eigenvalue weighted by atomic mass is 16.1. The van der Waals surface area contributed by atoms with Gasteiger partial charge in [-0.05, 0) is 57.0 Å². The van der Waals surface area contributed by atoms with Crippen molar-refractivity contribution in [2.45, 2.75) is 47.0 Å².